The highest BCUT2D eigenvalue weighted by atomic mass is 19.4. The number of alkyl halides is 6. The summed E-state index contributed by atoms with van der Waals surface area (Å²) in [6.45, 7) is 3.20. The molecule has 0 fully saturated rings. The fourth-order valence-corrected chi connectivity index (χ4v) is 3.76. The number of hydrogen-bond acceptors (Lipinski definition) is 8. The molecule has 0 aliphatic rings. The normalized spacial score (nSPS) is 13.0. The maximum atomic E-state index is 14.5. The van der Waals surface area contributed by atoms with E-state index in [1.807, 2.05) is 0 Å². The molecule has 4 rings (SSSR count). The summed E-state index contributed by atoms with van der Waals surface area (Å²) < 4.78 is 118. The summed E-state index contributed by atoms with van der Waals surface area (Å²) >= 11 is 0. The van der Waals surface area contributed by atoms with Crippen molar-refractivity contribution in [1.29, 1.82) is 0 Å². The van der Waals surface area contributed by atoms with E-state index in [4.69, 9.17) is 5.73 Å². The van der Waals surface area contributed by atoms with Crippen LogP contribution in [0.5, 0.6) is 0 Å². The smallest absolute Gasteiger partial charge is 0.386 e. The Balaban J connectivity index is 0.000000285. The molecule has 18 heteroatoms. The van der Waals surface area contributed by atoms with E-state index >= 15 is 0 Å². The lowest BCUT2D eigenvalue weighted by molar-refractivity contribution is -0.329. The Morgan fingerprint density at radius 2 is 1.60 bits per heavy atom. The van der Waals surface area contributed by atoms with Gasteiger partial charge >= 0.3 is 18.3 Å². The van der Waals surface area contributed by atoms with Gasteiger partial charge in [0.15, 0.2) is 11.6 Å². The molecule has 0 bridgehead atoms. The van der Waals surface area contributed by atoms with Crippen LogP contribution in [0.2, 0.25) is 0 Å². The number of benzene rings is 2. The maximum Gasteiger partial charge on any atom is 0.433 e. The first kappa shape index (κ1) is 33.1. The molecule has 4 aromatic rings. The zero-order valence-corrected chi connectivity index (χ0v) is 21.4. The minimum absolute atomic E-state index is 0.0704. The van der Waals surface area contributed by atoms with Crippen molar-refractivity contribution in [3.8, 4) is 11.3 Å². The predicted octanol–water partition coefficient (Wildman–Crippen LogP) is 4.47. The third-order valence-corrected chi connectivity index (χ3v) is 5.70. The lowest BCUT2D eigenvalue weighted by atomic mass is 10.1. The first-order valence-electron chi connectivity index (χ1n) is 11.5. The van der Waals surface area contributed by atoms with Crippen LogP contribution in [0.3, 0.4) is 0 Å². The summed E-state index contributed by atoms with van der Waals surface area (Å²) in [7, 11) is 1.32. The second-order valence-corrected chi connectivity index (χ2v) is 8.62. The summed E-state index contributed by atoms with van der Waals surface area (Å²) in [4.78, 5) is 6.85. The van der Waals surface area contributed by atoms with Crippen molar-refractivity contribution in [1.82, 2.24) is 14.4 Å². The van der Waals surface area contributed by atoms with E-state index in [-0.39, 0.29) is 21.8 Å². The van der Waals surface area contributed by atoms with Crippen molar-refractivity contribution >= 4 is 17.0 Å². The molecule has 2 heterocycles. The summed E-state index contributed by atoms with van der Waals surface area (Å²) in [5.74, 6) is -9.69. The Hall–Kier alpha value is -4.39. The van der Waals surface area contributed by atoms with Crippen molar-refractivity contribution in [2.75, 3.05) is 18.1 Å². The highest BCUT2D eigenvalue weighted by molar-refractivity contribution is 5.86. The molecule has 0 saturated heterocycles. The standard InChI is InChI=1S/C15H12F5N5O3.C10H8F4O/c1-22-6-3-2-5(8(16)9(6)17)10-11-12(21)23-4-7(14(18,19)20)25(11)13(24-10)15(26,27)28;1-2-9(15)6-3-7(10(12,13)14)5-8(11)4-6/h2-4,22,26-28H,1H3,(H2,21,23);2-5,9,15H,1H2. The first-order valence-corrected chi connectivity index (χ1v) is 11.5. The molecule has 232 valence electrons. The van der Waals surface area contributed by atoms with E-state index in [9.17, 15) is 59.9 Å². The van der Waals surface area contributed by atoms with E-state index in [1.165, 1.54) is 7.05 Å². The second kappa shape index (κ2) is 11.7. The Morgan fingerprint density at radius 3 is 2.12 bits per heavy atom. The fourth-order valence-electron chi connectivity index (χ4n) is 3.76. The largest absolute Gasteiger partial charge is 0.433 e. The molecule has 2 aromatic heterocycles. The number of fused-ring (bicyclic) bond motifs is 1. The molecule has 1 unspecified atom stereocenters. The van der Waals surface area contributed by atoms with E-state index < -0.39 is 81.6 Å². The number of rotatable bonds is 5. The van der Waals surface area contributed by atoms with E-state index in [0.29, 0.717) is 12.1 Å². The average molecular weight is 625 g/mol. The minimum atomic E-state index is -5.09. The molecule has 7 N–H and O–H groups in total. The van der Waals surface area contributed by atoms with Gasteiger partial charge in [0.1, 0.15) is 28.5 Å². The predicted molar refractivity (Wildman–Crippen MR) is 132 cm³/mol. The van der Waals surface area contributed by atoms with Crippen molar-refractivity contribution in [3.05, 3.63) is 89.3 Å². The van der Waals surface area contributed by atoms with Crippen LogP contribution in [0.4, 0.5) is 51.0 Å². The van der Waals surface area contributed by atoms with Crippen LogP contribution in [-0.4, -0.2) is 41.8 Å². The van der Waals surface area contributed by atoms with Gasteiger partial charge in [-0.15, -0.1) is 6.58 Å². The molecular formula is C25H20F9N5O4. The molecule has 0 radical (unpaired) electrons. The van der Waals surface area contributed by atoms with E-state index in [1.54, 1.807) is 0 Å². The van der Waals surface area contributed by atoms with Gasteiger partial charge in [-0.25, -0.2) is 23.1 Å². The van der Waals surface area contributed by atoms with Gasteiger partial charge in [-0.05, 0) is 35.9 Å². The summed E-state index contributed by atoms with van der Waals surface area (Å²) in [6, 6.07) is 3.97. The van der Waals surface area contributed by atoms with Crippen LogP contribution in [-0.2, 0) is 18.3 Å². The quantitative estimate of drug-likeness (QED) is 0.108. The third kappa shape index (κ3) is 6.82. The van der Waals surface area contributed by atoms with Crippen molar-refractivity contribution in [2.24, 2.45) is 0 Å². The number of imidazole rings is 1. The van der Waals surface area contributed by atoms with Crippen LogP contribution in [0.1, 0.15) is 28.7 Å². The second-order valence-electron chi connectivity index (χ2n) is 8.62. The Kier molecular flexibility index (Phi) is 9.02. The number of nitrogen functional groups attached to an aromatic ring is 1. The molecule has 43 heavy (non-hydrogen) atoms. The molecule has 9 nitrogen and oxygen atoms in total. The van der Waals surface area contributed by atoms with Gasteiger partial charge in [-0.1, -0.05) is 6.08 Å². The van der Waals surface area contributed by atoms with E-state index in [2.05, 4.69) is 21.9 Å². The number of hydrogen-bond donors (Lipinski definition) is 6. The minimum Gasteiger partial charge on any atom is -0.386 e. The van der Waals surface area contributed by atoms with E-state index in [0.717, 1.165) is 24.3 Å². The van der Waals surface area contributed by atoms with Crippen LogP contribution < -0.4 is 11.1 Å². The zero-order valence-electron chi connectivity index (χ0n) is 21.4. The maximum absolute atomic E-state index is 14.5. The molecule has 0 spiro atoms. The Morgan fingerprint density at radius 1 is 0.977 bits per heavy atom. The summed E-state index contributed by atoms with van der Waals surface area (Å²) in [5, 5.41) is 39.9. The summed E-state index contributed by atoms with van der Waals surface area (Å²) in [5.41, 5.74) is 0.436. The van der Waals surface area contributed by atoms with Gasteiger partial charge in [0.05, 0.1) is 23.6 Å². The SMILES string of the molecule is C=CC(O)c1cc(F)cc(C(F)(F)F)c1.CNc1ccc(-c2nc(C(O)(O)O)n3c(C(F)(F)F)cnc(N)c23)c(F)c1F. The summed E-state index contributed by atoms with van der Waals surface area (Å²) in [6.07, 6.45) is -9.73. The molecular weight excluding hydrogens is 605 g/mol. The van der Waals surface area contributed by atoms with Gasteiger partial charge in [-0.2, -0.15) is 26.3 Å². The highest BCUT2D eigenvalue weighted by Crippen LogP contribution is 2.39. The fraction of sp³-hybridized carbons (Fsp3) is 0.200. The number of nitrogens with two attached hydrogens (primary N) is 1. The topological polar surface area (TPSA) is 149 Å². The molecule has 0 amide bonds. The highest BCUT2D eigenvalue weighted by Gasteiger charge is 2.40. The van der Waals surface area contributed by atoms with Gasteiger partial charge in [0.2, 0.25) is 5.82 Å². The number of nitrogens with one attached hydrogen (secondary N) is 1. The van der Waals surface area contributed by atoms with Crippen molar-refractivity contribution in [2.45, 2.75) is 24.4 Å². The van der Waals surface area contributed by atoms with Crippen LogP contribution in [0.25, 0.3) is 16.8 Å². The van der Waals surface area contributed by atoms with Gasteiger partial charge in [-0.3, -0.25) is 4.40 Å². The number of anilines is 2. The average Bonchev–Trinajstić information content (AvgIpc) is 3.30. The lowest BCUT2D eigenvalue weighted by Gasteiger charge is -2.16. The third-order valence-electron chi connectivity index (χ3n) is 5.70. The van der Waals surface area contributed by atoms with Crippen LogP contribution in [0.15, 0.2) is 49.2 Å². The number of aliphatic hydroxyl groups is 4. The van der Waals surface area contributed by atoms with Crippen molar-refractivity contribution in [3.63, 3.8) is 0 Å². The monoisotopic (exact) mass is 625 g/mol. The van der Waals surface area contributed by atoms with Gasteiger partial charge in [0.25, 0.3) is 0 Å². The van der Waals surface area contributed by atoms with Crippen LogP contribution in [0, 0.1) is 17.5 Å². The molecule has 0 aliphatic carbocycles. The molecule has 0 saturated carbocycles. The Bertz CT molecular complexity index is 1660. The lowest BCUT2D eigenvalue weighted by Crippen LogP contribution is -2.29. The zero-order chi connectivity index (χ0) is 32.7. The van der Waals surface area contributed by atoms with Gasteiger partial charge < -0.3 is 31.5 Å². The first-order chi connectivity index (χ1) is 19.7. The number of nitrogens with zero attached hydrogens (tertiary/aromatic N) is 3. The number of aliphatic hydroxyl groups excluding tert-OH is 1. The Labute approximate surface area is 235 Å². The molecule has 0 aliphatic heterocycles. The number of aromatic nitrogens is 3. The molecule has 1 atom stereocenters. The van der Waals surface area contributed by atoms with Crippen molar-refractivity contribution < 1.29 is 59.9 Å². The molecule has 2 aromatic carbocycles. The van der Waals surface area contributed by atoms with Gasteiger partial charge in [0, 0.05) is 12.6 Å². The van der Waals surface area contributed by atoms with Crippen LogP contribution >= 0.6 is 0 Å². The number of halogens is 9.